The molecule has 8 N–H and O–H groups in total. The second-order valence-corrected chi connectivity index (χ2v) is 18.4. The minimum atomic E-state index is -1.90. The molecule has 0 radical (unpaired) electrons. The Hall–Kier alpha value is -1.58. The van der Waals surface area contributed by atoms with Crippen molar-refractivity contribution in [3.8, 4) is 0 Å². The lowest BCUT2D eigenvalue weighted by Crippen LogP contribution is -2.64. The number of ether oxygens (including phenoxy) is 7. The number of aliphatic hydroxyl groups excluding tert-OH is 8. The van der Waals surface area contributed by atoms with Gasteiger partial charge in [-0.3, -0.25) is 9.59 Å². The maximum Gasteiger partial charge on any atom is 0.311 e. The number of aliphatic hydroxyl groups is 8. The maximum absolute atomic E-state index is 13.2. The van der Waals surface area contributed by atoms with E-state index in [1.165, 1.54) is 0 Å². The molecule has 356 valence electrons. The van der Waals surface area contributed by atoms with Gasteiger partial charge in [-0.2, -0.15) is 0 Å². The van der Waals surface area contributed by atoms with E-state index >= 15 is 0 Å². The number of carbonyl (C=O) groups excluding carboxylic acids is 2. The van der Waals surface area contributed by atoms with Crippen LogP contribution in [0.15, 0.2) is 0 Å². The van der Waals surface area contributed by atoms with E-state index in [0.717, 1.165) is 38.5 Å². The van der Waals surface area contributed by atoms with Crippen LogP contribution in [0, 0.1) is 47.3 Å². The predicted molar refractivity (Wildman–Crippen MR) is 218 cm³/mol. The van der Waals surface area contributed by atoms with E-state index in [4.69, 9.17) is 33.2 Å². The molecule has 10 unspecified atom stereocenters. The fourth-order valence-electron chi connectivity index (χ4n) is 9.17. The third-order valence-corrected chi connectivity index (χ3v) is 14.3. The molecule has 2 heterocycles. The fraction of sp³-hybridized carbons (Fsp3) is 0.955. The molecule has 2 aliphatic carbocycles. The Balaban J connectivity index is 1.28. The Morgan fingerprint density at radius 3 is 1.20 bits per heavy atom. The summed E-state index contributed by atoms with van der Waals surface area (Å²) >= 11 is 0. The van der Waals surface area contributed by atoms with Crippen LogP contribution in [0.25, 0.3) is 0 Å². The zero-order valence-electron chi connectivity index (χ0n) is 37.4. The Bertz CT molecular complexity index is 1230. The highest BCUT2D eigenvalue weighted by atomic mass is 16.8. The van der Waals surface area contributed by atoms with E-state index in [9.17, 15) is 50.4 Å². The van der Waals surface area contributed by atoms with Crippen molar-refractivity contribution in [2.45, 2.75) is 192 Å². The molecule has 17 heteroatoms. The van der Waals surface area contributed by atoms with Gasteiger partial charge in [-0.15, -0.1) is 0 Å². The fourth-order valence-corrected chi connectivity index (χ4v) is 9.17. The molecule has 0 aromatic heterocycles. The molecule has 22 atom stereocenters. The molecule has 4 aliphatic rings. The standard InChI is InChI=1S/C44H78O17/c1-9-21(5)31(55-7)17-25-13-23(25)15-29(45)27(11-3)41(53)57-19-33-35(47)37(49)39(51)43(59-33)61-44-40(52)38(50)36(48)34(60-44)20-58-42(54)28(12-4)30(46)16-24-14-26(24)18-32(56-8)22(6)10-2/h21-40,43-52H,9-20H2,1-8H3/t21-,22-,23-,24-,25+,26+,27+,28+,29+,30+,31-,32-,33?,34?,35?,36?,37?,38?,39?,40?,43?,44?/m0/s1. The van der Waals surface area contributed by atoms with Crippen molar-refractivity contribution in [3.63, 3.8) is 0 Å². The summed E-state index contributed by atoms with van der Waals surface area (Å²) in [4.78, 5) is 26.4. The van der Waals surface area contributed by atoms with E-state index in [0.29, 0.717) is 36.5 Å². The van der Waals surface area contributed by atoms with Crippen molar-refractivity contribution in [1.82, 2.24) is 0 Å². The SMILES string of the molecule is CC[C@H](C)[C@H](C[C@H]1C[C@H]1C[C@@H](O)[C@@H](CC)C(=O)OCC1OC(OC2OC(COC(=O)[C@H](CC)[C@H](O)C[C@@H]3C[C@@H]3C[C@H](OC)[C@@H](C)CC)C(O)C(O)C2O)C(O)C(O)C1O)OC. The van der Waals surface area contributed by atoms with E-state index in [2.05, 4.69) is 27.7 Å². The summed E-state index contributed by atoms with van der Waals surface area (Å²) in [5.74, 6) is -1.09. The summed E-state index contributed by atoms with van der Waals surface area (Å²) in [6.45, 7) is 10.9. The van der Waals surface area contributed by atoms with Crippen molar-refractivity contribution < 1.29 is 83.6 Å². The van der Waals surface area contributed by atoms with Gasteiger partial charge in [0.05, 0.1) is 36.3 Å². The number of hydrogen-bond acceptors (Lipinski definition) is 17. The minimum Gasteiger partial charge on any atom is -0.463 e. The van der Waals surface area contributed by atoms with Crippen LogP contribution >= 0.6 is 0 Å². The Kier molecular flexibility index (Phi) is 20.6. The summed E-state index contributed by atoms with van der Waals surface area (Å²) in [6, 6.07) is 0. The molecule has 0 bridgehead atoms. The van der Waals surface area contributed by atoms with Gasteiger partial charge in [-0.25, -0.2) is 0 Å². The molecule has 0 amide bonds. The summed E-state index contributed by atoms with van der Waals surface area (Å²) in [5, 5.41) is 86.4. The minimum absolute atomic E-state index is 0.128. The van der Waals surface area contributed by atoms with Crippen LogP contribution in [-0.4, -0.2) is 166 Å². The van der Waals surface area contributed by atoms with Gasteiger partial charge in [-0.1, -0.05) is 54.4 Å². The van der Waals surface area contributed by atoms with E-state index in [1.54, 1.807) is 28.1 Å². The lowest BCUT2D eigenvalue weighted by molar-refractivity contribution is -0.376. The number of hydrogen-bond donors (Lipinski definition) is 8. The Labute approximate surface area is 361 Å². The van der Waals surface area contributed by atoms with Crippen LogP contribution in [0.5, 0.6) is 0 Å². The van der Waals surface area contributed by atoms with Crippen molar-refractivity contribution >= 4 is 11.9 Å². The van der Waals surface area contributed by atoms with Gasteiger partial charge >= 0.3 is 11.9 Å². The van der Waals surface area contributed by atoms with Crippen molar-refractivity contribution in [1.29, 1.82) is 0 Å². The van der Waals surface area contributed by atoms with Crippen LogP contribution in [0.2, 0.25) is 0 Å². The first-order valence-electron chi connectivity index (χ1n) is 22.7. The zero-order valence-corrected chi connectivity index (χ0v) is 37.4. The number of rotatable bonds is 26. The molecule has 4 rings (SSSR count). The van der Waals surface area contributed by atoms with E-state index in [-0.39, 0.29) is 36.9 Å². The zero-order chi connectivity index (χ0) is 45.3. The lowest BCUT2D eigenvalue weighted by Gasteiger charge is -2.44. The number of carbonyl (C=O) groups is 2. The molecule has 0 aromatic carbocycles. The van der Waals surface area contributed by atoms with Crippen molar-refractivity contribution in [2.24, 2.45) is 47.3 Å². The van der Waals surface area contributed by atoms with Gasteiger partial charge in [0.15, 0.2) is 12.6 Å². The van der Waals surface area contributed by atoms with Crippen LogP contribution in [0.1, 0.15) is 106 Å². The van der Waals surface area contributed by atoms with Gasteiger partial charge in [0.1, 0.15) is 62.0 Å². The van der Waals surface area contributed by atoms with Gasteiger partial charge in [0.25, 0.3) is 0 Å². The lowest BCUT2D eigenvalue weighted by atomic mass is 9.92. The molecular weight excluding hydrogens is 800 g/mol. The van der Waals surface area contributed by atoms with Crippen molar-refractivity contribution in [2.75, 3.05) is 27.4 Å². The van der Waals surface area contributed by atoms with Crippen molar-refractivity contribution in [3.05, 3.63) is 0 Å². The number of methoxy groups -OCH3 is 2. The first-order chi connectivity index (χ1) is 28.9. The Morgan fingerprint density at radius 2 is 0.885 bits per heavy atom. The molecule has 0 spiro atoms. The highest BCUT2D eigenvalue weighted by molar-refractivity contribution is 5.73. The summed E-state index contributed by atoms with van der Waals surface area (Å²) < 4.78 is 39.3. The van der Waals surface area contributed by atoms with Crippen LogP contribution in [0.4, 0.5) is 0 Å². The highest BCUT2D eigenvalue weighted by Crippen LogP contribution is 2.48. The topological polar surface area (TPSA) is 261 Å². The first kappa shape index (κ1) is 52.0. The van der Waals surface area contributed by atoms with Crippen LogP contribution in [0.3, 0.4) is 0 Å². The molecule has 61 heavy (non-hydrogen) atoms. The molecule has 2 saturated heterocycles. The predicted octanol–water partition coefficient (Wildman–Crippen LogP) is 1.43. The largest absolute Gasteiger partial charge is 0.463 e. The quantitative estimate of drug-likeness (QED) is 0.0572. The summed E-state index contributed by atoms with van der Waals surface area (Å²) in [5.41, 5.74) is 0. The number of esters is 2. The summed E-state index contributed by atoms with van der Waals surface area (Å²) in [7, 11) is 3.42. The van der Waals surface area contributed by atoms with Crippen LogP contribution in [-0.2, 0) is 42.7 Å². The molecule has 17 nitrogen and oxygen atoms in total. The second kappa shape index (κ2) is 24.1. The first-order valence-corrected chi connectivity index (χ1v) is 22.7. The van der Waals surface area contributed by atoms with Crippen LogP contribution < -0.4 is 0 Å². The van der Waals surface area contributed by atoms with E-state index in [1.807, 2.05) is 0 Å². The maximum atomic E-state index is 13.2. The highest BCUT2D eigenvalue weighted by Gasteiger charge is 2.51. The molecule has 0 aromatic rings. The normalized spacial score (nSPS) is 37.7. The molecule has 4 fully saturated rings. The average molecular weight is 879 g/mol. The average Bonchev–Trinajstić information content (AvgIpc) is 4.17. The van der Waals surface area contributed by atoms with E-state index < -0.39 is 111 Å². The third-order valence-electron chi connectivity index (χ3n) is 14.3. The van der Waals surface area contributed by atoms with Gasteiger partial charge < -0.3 is 74.0 Å². The second-order valence-electron chi connectivity index (χ2n) is 18.4. The monoisotopic (exact) mass is 879 g/mol. The van der Waals surface area contributed by atoms with Gasteiger partial charge in [-0.05, 0) is 86.9 Å². The van der Waals surface area contributed by atoms with Gasteiger partial charge in [0.2, 0.25) is 0 Å². The molecular formula is C44H78O17. The third kappa shape index (κ3) is 13.7. The Morgan fingerprint density at radius 1 is 0.541 bits per heavy atom. The smallest absolute Gasteiger partial charge is 0.311 e. The summed E-state index contributed by atoms with van der Waals surface area (Å²) in [6.07, 6.45) is -12.1. The molecule has 2 aliphatic heterocycles. The van der Waals surface area contributed by atoms with Gasteiger partial charge in [0, 0.05) is 14.2 Å². The molecule has 2 saturated carbocycles.